The summed E-state index contributed by atoms with van der Waals surface area (Å²) in [7, 11) is 0. The number of carbonyl (C=O) groups is 2. The van der Waals surface area contributed by atoms with Crippen molar-refractivity contribution in [3.05, 3.63) is 75.4 Å². The summed E-state index contributed by atoms with van der Waals surface area (Å²) in [4.78, 5) is 38.0. The molecule has 2 saturated heterocycles. The number of urea groups is 1. The molecule has 1 atom stereocenters. The van der Waals surface area contributed by atoms with Gasteiger partial charge in [0.15, 0.2) is 0 Å². The third-order valence-corrected chi connectivity index (χ3v) is 9.36. The molecule has 206 valence electrons. The van der Waals surface area contributed by atoms with Gasteiger partial charge in [0.05, 0.1) is 27.7 Å². The number of amides is 2. The van der Waals surface area contributed by atoms with E-state index < -0.39 is 5.97 Å². The molecule has 0 bridgehead atoms. The molecule has 1 N–H and O–H groups in total. The number of aromatic nitrogens is 2. The van der Waals surface area contributed by atoms with Gasteiger partial charge >= 0.3 is 12.0 Å². The second-order valence-corrected chi connectivity index (χ2v) is 12.2. The molecule has 4 aromatic rings. The Hall–Kier alpha value is -3.49. The maximum Gasteiger partial charge on any atom is 0.326 e. The van der Waals surface area contributed by atoms with Crippen molar-refractivity contribution in [3.63, 3.8) is 0 Å². The zero-order chi connectivity index (χ0) is 27.8. The van der Waals surface area contributed by atoms with Crippen molar-refractivity contribution in [2.75, 3.05) is 18.0 Å². The Bertz CT molecular complexity index is 1590. The number of aryl methyl sites for hydroxylation is 3. The molecule has 7 nitrogen and oxygen atoms in total. The summed E-state index contributed by atoms with van der Waals surface area (Å²) in [5, 5.41) is 11.3. The van der Waals surface area contributed by atoms with E-state index in [9.17, 15) is 14.7 Å². The second-order valence-electron chi connectivity index (χ2n) is 10.7. The number of anilines is 1. The molecule has 2 aliphatic heterocycles. The Morgan fingerprint density at radius 1 is 1.15 bits per heavy atom. The Balaban J connectivity index is 1.21. The van der Waals surface area contributed by atoms with E-state index in [1.165, 1.54) is 6.42 Å². The lowest BCUT2D eigenvalue weighted by molar-refractivity contribution is -0.136. The minimum atomic E-state index is -0.856. The highest BCUT2D eigenvalue weighted by Gasteiger charge is 2.39. The Morgan fingerprint density at radius 2 is 1.98 bits per heavy atom. The predicted octanol–water partition coefficient (Wildman–Crippen LogP) is 6.92. The van der Waals surface area contributed by atoms with Gasteiger partial charge in [-0.2, -0.15) is 0 Å². The summed E-state index contributed by atoms with van der Waals surface area (Å²) in [6, 6.07) is 14.0. The fourth-order valence-corrected chi connectivity index (χ4v) is 7.28. The minimum Gasteiger partial charge on any atom is -0.481 e. The first kappa shape index (κ1) is 26.7. The number of fused-ring (bicyclic) bond motifs is 2. The van der Waals surface area contributed by atoms with Crippen LogP contribution in [-0.2, 0) is 24.1 Å². The molecule has 2 aromatic carbocycles. The van der Waals surface area contributed by atoms with Crippen LogP contribution < -0.4 is 4.90 Å². The van der Waals surface area contributed by atoms with Gasteiger partial charge < -0.3 is 10.0 Å². The van der Waals surface area contributed by atoms with Gasteiger partial charge in [-0.05, 0) is 98.0 Å². The van der Waals surface area contributed by atoms with Crippen LogP contribution in [0, 0.1) is 6.92 Å². The van der Waals surface area contributed by atoms with Crippen LogP contribution in [0.25, 0.3) is 21.3 Å². The molecule has 1 unspecified atom stereocenters. The van der Waals surface area contributed by atoms with Gasteiger partial charge in [0, 0.05) is 29.9 Å². The van der Waals surface area contributed by atoms with Crippen molar-refractivity contribution in [1.82, 2.24) is 14.9 Å². The number of thiazole rings is 1. The van der Waals surface area contributed by atoms with Gasteiger partial charge in [0.25, 0.3) is 0 Å². The van der Waals surface area contributed by atoms with Gasteiger partial charge in [-0.25, -0.2) is 14.8 Å². The van der Waals surface area contributed by atoms with Gasteiger partial charge in [-0.3, -0.25) is 9.69 Å². The van der Waals surface area contributed by atoms with E-state index in [4.69, 9.17) is 16.6 Å². The first-order valence-corrected chi connectivity index (χ1v) is 15.0. The van der Waals surface area contributed by atoms with Gasteiger partial charge in [-0.1, -0.05) is 23.7 Å². The lowest BCUT2D eigenvalue weighted by Crippen LogP contribution is -2.38. The summed E-state index contributed by atoms with van der Waals surface area (Å²) >= 11 is 7.77. The number of piperidine rings is 1. The minimum absolute atomic E-state index is 0.0463. The molecule has 6 rings (SSSR count). The molecule has 2 aromatic heterocycles. The molecular weight excluding hydrogens is 544 g/mol. The van der Waals surface area contributed by atoms with Gasteiger partial charge in [-0.15, -0.1) is 11.3 Å². The van der Waals surface area contributed by atoms with E-state index in [1.54, 1.807) is 17.5 Å². The van der Waals surface area contributed by atoms with Crippen LogP contribution >= 0.6 is 22.9 Å². The summed E-state index contributed by atoms with van der Waals surface area (Å²) in [5.41, 5.74) is 5.67. The van der Waals surface area contributed by atoms with Crippen LogP contribution in [0.2, 0.25) is 5.02 Å². The number of carboxylic acids is 1. The molecule has 0 aliphatic carbocycles. The summed E-state index contributed by atoms with van der Waals surface area (Å²) in [6.45, 7) is 3.52. The zero-order valence-electron chi connectivity index (χ0n) is 22.4. The van der Waals surface area contributed by atoms with E-state index in [-0.39, 0.29) is 12.5 Å². The third-order valence-electron chi connectivity index (χ3n) is 7.96. The van der Waals surface area contributed by atoms with Gasteiger partial charge in [0.1, 0.15) is 5.82 Å². The number of rotatable bonds is 8. The van der Waals surface area contributed by atoms with Crippen molar-refractivity contribution in [1.29, 1.82) is 0 Å². The fourth-order valence-electron chi connectivity index (χ4n) is 5.97. The molecule has 0 saturated carbocycles. The van der Waals surface area contributed by atoms with E-state index >= 15 is 0 Å². The van der Waals surface area contributed by atoms with Crippen LogP contribution in [0.4, 0.5) is 10.6 Å². The number of benzene rings is 2. The molecule has 2 amide bonds. The van der Waals surface area contributed by atoms with Crippen molar-refractivity contribution in [2.45, 2.75) is 57.9 Å². The monoisotopic (exact) mass is 574 g/mol. The summed E-state index contributed by atoms with van der Waals surface area (Å²) in [5.74, 6) is -0.114. The Kier molecular flexibility index (Phi) is 7.47. The highest BCUT2D eigenvalue weighted by atomic mass is 35.5. The zero-order valence-corrected chi connectivity index (χ0v) is 24.0. The maximum absolute atomic E-state index is 13.0. The number of carbonyl (C=O) groups excluding carboxylic acids is 1. The van der Waals surface area contributed by atoms with Crippen molar-refractivity contribution < 1.29 is 14.7 Å². The van der Waals surface area contributed by atoms with Crippen LogP contribution in [0.3, 0.4) is 0 Å². The van der Waals surface area contributed by atoms with Crippen LogP contribution in [-0.4, -0.2) is 51.1 Å². The molecule has 4 heterocycles. The largest absolute Gasteiger partial charge is 0.481 e. The number of carboxylic acid groups (broad SMARTS) is 1. The lowest BCUT2D eigenvalue weighted by Gasteiger charge is -2.27. The third kappa shape index (κ3) is 5.30. The van der Waals surface area contributed by atoms with E-state index in [0.717, 1.165) is 94.1 Å². The highest BCUT2D eigenvalue weighted by molar-refractivity contribution is 7.19. The number of hydrogen-bond acceptors (Lipinski definition) is 5. The number of halogens is 1. The van der Waals surface area contributed by atoms with E-state index in [1.807, 2.05) is 53.1 Å². The second kappa shape index (κ2) is 11.2. The lowest BCUT2D eigenvalue weighted by atomic mass is 9.93. The SMILES string of the molecule is Cc1cc2nc(CCCc3ccnc(N4CC5CCCCN5C4=O)c3)sc2c(-c2ccc(Cl)cc2)c1CC(=O)O. The molecule has 40 heavy (non-hydrogen) atoms. The number of pyridine rings is 1. The normalized spacial score (nSPS) is 17.1. The first-order chi connectivity index (χ1) is 19.4. The maximum atomic E-state index is 13.0. The molecule has 0 radical (unpaired) electrons. The topological polar surface area (TPSA) is 86.6 Å². The molecular formula is C31H31ClN4O3S. The van der Waals surface area contributed by atoms with Crippen LogP contribution in [0.5, 0.6) is 0 Å². The predicted molar refractivity (Wildman–Crippen MR) is 159 cm³/mol. The van der Waals surface area contributed by atoms with Crippen molar-refractivity contribution >= 4 is 51.0 Å². The van der Waals surface area contributed by atoms with Crippen LogP contribution in [0.15, 0.2) is 48.7 Å². The number of aliphatic carboxylic acids is 1. The number of hydrogen-bond donors (Lipinski definition) is 1. The molecule has 9 heteroatoms. The number of nitrogens with zero attached hydrogens (tertiary/aromatic N) is 4. The standard InChI is InChI=1S/C31H31ClN4O3S/c1-19-15-25-30(29(24(19)17-28(37)38)21-8-10-22(32)11-9-21)40-27(34-25)7-4-5-20-12-13-33-26(16-20)36-18-23-6-2-3-14-35(23)31(36)39/h8-13,15-16,23H,2-7,14,17-18H2,1H3,(H,37,38). The first-order valence-electron chi connectivity index (χ1n) is 13.8. The van der Waals surface area contributed by atoms with E-state index in [2.05, 4.69) is 11.1 Å². The van der Waals surface area contributed by atoms with E-state index in [0.29, 0.717) is 11.1 Å². The average molecular weight is 575 g/mol. The fraction of sp³-hybridized carbons (Fsp3) is 0.355. The summed E-state index contributed by atoms with van der Waals surface area (Å²) < 4.78 is 1.01. The summed E-state index contributed by atoms with van der Waals surface area (Å²) in [6.07, 6.45) is 7.66. The van der Waals surface area contributed by atoms with Crippen molar-refractivity contribution in [3.8, 4) is 11.1 Å². The molecule has 2 fully saturated rings. The Morgan fingerprint density at radius 3 is 2.75 bits per heavy atom. The average Bonchev–Trinajstić information content (AvgIpc) is 3.50. The molecule has 2 aliphatic rings. The smallest absolute Gasteiger partial charge is 0.326 e. The van der Waals surface area contributed by atoms with Gasteiger partial charge in [0.2, 0.25) is 0 Å². The Labute approximate surface area is 242 Å². The quantitative estimate of drug-likeness (QED) is 0.247. The van der Waals surface area contributed by atoms with Crippen LogP contribution in [0.1, 0.15) is 47.4 Å². The highest BCUT2D eigenvalue weighted by Crippen LogP contribution is 2.39. The molecule has 0 spiro atoms. The van der Waals surface area contributed by atoms with Crippen molar-refractivity contribution in [2.24, 2.45) is 0 Å².